The van der Waals surface area contributed by atoms with Gasteiger partial charge in [-0.3, -0.25) is 0 Å². The topological polar surface area (TPSA) is 42.3 Å². The van der Waals surface area contributed by atoms with E-state index in [0.717, 1.165) is 66.5 Å². The number of ether oxygens (including phenoxy) is 1. The Kier molecular flexibility index (Phi) is 8.08. The number of piperidine rings is 1. The molecule has 0 atom stereocenters. The zero-order chi connectivity index (χ0) is 24.7. The molecule has 7 heteroatoms. The summed E-state index contributed by atoms with van der Waals surface area (Å²) in [5.41, 5.74) is 3.13. The van der Waals surface area contributed by atoms with Crippen molar-refractivity contribution in [3.05, 3.63) is 84.2 Å². The molecule has 0 bridgehead atoms. The van der Waals surface area contributed by atoms with Gasteiger partial charge < -0.3 is 19.5 Å². The number of nitrogens with one attached hydrogen (secondary N) is 1. The van der Waals surface area contributed by atoms with Gasteiger partial charge in [-0.15, -0.1) is 11.8 Å². The normalized spacial score (nSPS) is 14.8. The van der Waals surface area contributed by atoms with Crippen LogP contribution in [0.2, 0.25) is 0 Å². The lowest BCUT2D eigenvalue weighted by molar-refractivity contribution is 0.219. The molecule has 0 saturated carbocycles. The maximum absolute atomic E-state index is 13.4. The maximum atomic E-state index is 13.4. The van der Waals surface area contributed by atoms with Gasteiger partial charge in [0.25, 0.3) is 0 Å². The Bertz CT molecular complexity index is 1250. The van der Waals surface area contributed by atoms with Crippen molar-refractivity contribution in [2.75, 3.05) is 37.8 Å². The van der Waals surface area contributed by atoms with E-state index in [-0.39, 0.29) is 5.82 Å². The Balaban J connectivity index is 1.13. The van der Waals surface area contributed by atoms with Crippen LogP contribution in [0.25, 0.3) is 11.0 Å². The Hall–Kier alpha value is -3.03. The molecule has 0 radical (unpaired) electrons. The summed E-state index contributed by atoms with van der Waals surface area (Å²) in [5, 5.41) is 3.73. The van der Waals surface area contributed by atoms with Crippen LogP contribution in [0.4, 0.5) is 10.3 Å². The monoisotopic (exact) mass is 504 g/mol. The summed E-state index contributed by atoms with van der Waals surface area (Å²) in [4.78, 5) is 8.76. The van der Waals surface area contributed by atoms with Gasteiger partial charge >= 0.3 is 0 Å². The number of methoxy groups -OCH3 is 1. The second-order valence-electron chi connectivity index (χ2n) is 9.27. The summed E-state index contributed by atoms with van der Waals surface area (Å²) < 4.78 is 20.8. The van der Waals surface area contributed by atoms with Crippen LogP contribution in [0.5, 0.6) is 5.75 Å². The van der Waals surface area contributed by atoms with Crippen LogP contribution < -0.4 is 10.1 Å². The molecule has 1 aliphatic heterocycles. The number of anilines is 1. The number of aromatic nitrogens is 2. The van der Waals surface area contributed by atoms with Crippen LogP contribution in [0.15, 0.2) is 77.7 Å². The van der Waals surface area contributed by atoms with E-state index in [9.17, 15) is 4.39 Å². The highest BCUT2D eigenvalue weighted by molar-refractivity contribution is 7.99. The second kappa shape index (κ2) is 11.8. The fraction of sp³-hybridized carbons (Fsp3) is 0.345. The van der Waals surface area contributed by atoms with Crippen LogP contribution in [-0.2, 0) is 6.54 Å². The summed E-state index contributed by atoms with van der Waals surface area (Å²) in [6.45, 7) is 4.00. The van der Waals surface area contributed by atoms with E-state index in [1.807, 2.05) is 54.2 Å². The second-order valence-corrected chi connectivity index (χ2v) is 10.4. The third kappa shape index (κ3) is 6.20. The van der Waals surface area contributed by atoms with Crippen LogP contribution in [0.1, 0.15) is 24.8 Å². The molecule has 0 aliphatic carbocycles. The lowest BCUT2D eigenvalue weighted by Gasteiger charge is -2.32. The zero-order valence-electron chi connectivity index (χ0n) is 20.7. The number of fused-ring (bicyclic) bond motifs is 1. The van der Waals surface area contributed by atoms with Gasteiger partial charge in [0.2, 0.25) is 5.95 Å². The van der Waals surface area contributed by atoms with Crippen molar-refractivity contribution < 1.29 is 9.13 Å². The summed E-state index contributed by atoms with van der Waals surface area (Å²) in [7, 11) is 1.70. The van der Waals surface area contributed by atoms with E-state index >= 15 is 0 Å². The highest BCUT2D eigenvalue weighted by atomic mass is 32.2. The number of benzene rings is 3. The number of para-hydroxylation sites is 2. The number of likely N-dealkylation sites (tertiary alicyclic amines) is 1. The third-order valence-corrected chi connectivity index (χ3v) is 7.87. The van der Waals surface area contributed by atoms with Crippen LogP contribution in [0, 0.1) is 5.82 Å². The highest BCUT2D eigenvalue weighted by Crippen LogP contribution is 2.25. The minimum atomic E-state index is -0.210. The molecule has 1 aliphatic rings. The van der Waals surface area contributed by atoms with Crippen molar-refractivity contribution >= 4 is 28.7 Å². The number of nitrogens with zero attached hydrogens (tertiary/aromatic N) is 3. The zero-order valence-corrected chi connectivity index (χ0v) is 21.5. The van der Waals surface area contributed by atoms with Crippen molar-refractivity contribution in [3.63, 3.8) is 0 Å². The van der Waals surface area contributed by atoms with Gasteiger partial charge in [0.15, 0.2) is 0 Å². The number of hydrogen-bond donors (Lipinski definition) is 1. The SMILES string of the molecule is COc1ccc(SCCCN2CCC(Nc3nc4ccccc4n3Cc3ccc(F)cc3)CC2)cc1. The van der Waals surface area contributed by atoms with E-state index in [1.54, 1.807) is 7.11 Å². The van der Waals surface area contributed by atoms with Crippen LogP contribution in [0.3, 0.4) is 0 Å². The first-order valence-electron chi connectivity index (χ1n) is 12.6. The molecule has 4 aromatic rings. The number of rotatable bonds is 10. The molecule has 0 amide bonds. The lowest BCUT2D eigenvalue weighted by Crippen LogP contribution is -2.40. The first-order valence-corrected chi connectivity index (χ1v) is 13.6. The predicted molar refractivity (Wildman–Crippen MR) is 147 cm³/mol. The molecule has 1 fully saturated rings. The minimum absolute atomic E-state index is 0.210. The van der Waals surface area contributed by atoms with E-state index in [4.69, 9.17) is 9.72 Å². The fourth-order valence-corrected chi connectivity index (χ4v) is 5.59. The summed E-state index contributed by atoms with van der Waals surface area (Å²) in [6.07, 6.45) is 3.39. The molecular weight excluding hydrogens is 471 g/mol. The number of thioether (sulfide) groups is 1. The first-order chi connectivity index (χ1) is 17.7. The van der Waals surface area contributed by atoms with Crippen molar-refractivity contribution in [1.29, 1.82) is 0 Å². The Morgan fingerprint density at radius 2 is 1.75 bits per heavy atom. The van der Waals surface area contributed by atoms with Gasteiger partial charge in [-0.1, -0.05) is 24.3 Å². The number of hydrogen-bond acceptors (Lipinski definition) is 5. The molecule has 1 saturated heterocycles. The number of halogens is 1. The Morgan fingerprint density at radius 3 is 2.50 bits per heavy atom. The van der Waals surface area contributed by atoms with Crippen molar-refractivity contribution in [1.82, 2.24) is 14.5 Å². The van der Waals surface area contributed by atoms with E-state index in [1.165, 1.54) is 23.4 Å². The summed E-state index contributed by atoms with van der Waals surface area (Å²) >= 11 is 1.91. The quantitative estimate of drug-likeness (QED) is 0.203. The third-order valence-electron chi connectivity index (χ3n) is 6.78. The van der Waals surface area contributed by atoms with Gasteiger partial charge in [0, 0.05) is 24.0 Å². The van der Waals surface area contributed by atoms with Crippen molar-refractivity contribution in [2.45, 2.75) is 36.7 Å². The van der Waals surface area contributed by atoms with Gasteiger partial charge in [-0.05, 0) is 85.7 Å². The van der Waals surface area contributed by atoms with Gasteiger partial charge in [0.1, 0.15) is 11.6 Å². The molecule has 0 spiro atoms. The molecule has 3 aromatic carbocycles. The molecule has 1 N–H and O–H groups in total. The standard InChI is InChI=1S/C29H33FN4OS/c1-35-25-11-13-26(14-12-25)36-20-4-17-33-18-15-24(16-19-33)31-29-32-27-5-2-3-6-28(27)34(29)21-22-7-9-23(30)10-8-22/h2-3,5-14,24H,4,15-21H2,1H3,(H,31,32). The predicted octanol–water partition coefficient (Wildman–Crippen LogP) is 6.29. The average Bonchev–Trinajstić information content (AvgIpc) is 3.26. The molecule has 5 rings (SSSR count). The number of imidazole rings is 1. The van der Waals surface area contributed by atoms with Crippen molar-refractivity contribution in [2.24, 2.45) is 0 Å². The molecular formula is C29H33FN4OS. The van der Waals surface area contributed by atoms with Crippen LogP contribution >= 0.6 is 11.8 Å². The van der Waals surface area contributed by atoms with Gasteiger partial charge in [-0.25, -0.2) is 9.37 Å². The highest BCUT2D eigenvalue weighted by Gasteiger charge is 2.21. The Labute approximate surface area is 216 Å². The van der Waals surface area contributed by atoms with E-state index in [0.29, 0.717) is 12.6 Å². The maximum Gasteiger partial charge on any atom is 0.204 e. The minimum Gasteiger partial charge on any atom is -0.497 e. The molecule has 2 heterocycles. The van der Waals surface area contributed by atoms with Gasteiger partial charge in [0.05, 0.1) is 24.7 Å². The molecule has 188 valence electrons. The molecule has 5 nitrogen and oxygen atoms in total. The smallest absolute Gasteiger partial charge is 0.204 e. The van der Waals surface area contributed by atoms with E-state index in [2.05, 4.69) is 33.0 Å². The molecule has 0 unspecified atom stereocenters. The fourth-order valence-electron chi connectivity index (χ4n) is 4.75. The first kappa shape index (κ1) is 24.7. The largest absolute Gasteiger partial charge is 0.497 e. The molecule has 1 aromatic heterocycles. The lowest BCUT2D eigenvalue weighted by atomic mass is 10.1. The summed E-state index contributed by atoms with van der Waals surface area (Å²) in [5.74, 6) is 2.72. The van der Waals surface area contributed by atoms with Gasteiger partial charge in [-0.2, -0.15) is 0 Å². The average molecular weight is 505 g/mol. The summed E-state index contributed by atoms with van der Waals surface area (Å²) in [6, 6.07) is 23.7. The van der Waals surface area contributed by atoms with E-state index < -0.39 is 0 Å². The Morgan fingerprint density at radius 1 is 1.00 bits per heavy atom. The van der Waals surface area contributed by atoms with Crippen molar-refractivity contribution in [3.8, 4) is 5.75 Å². The molecule has 36 heavy (non-hydrogen) atoms. The van der Waals surface area contributed by atoms with Crippen LogP contribution in [-0.4, -0.2) is 53.0 Å².